The average Bonchev–Trinajstić information content (AvgIpc) is 2.78. The fraction of sp³-hybridized carbons (Fsp3) is 0.0667. The lowest BCUT2D eigenvalue weighted by Gasteiger charge is -1.94. The molecule has 92 valence electrons. The molecule has 0 aliphatic carbocycles. The van der Waals surface area contributed by atoms with Crippen molar-refractivity contribution in [1.29, 1.82) is 0 Å². The highest BCUT2D eigenvalue weighted by Gasteiger charge is 2.02. The van der Waals surface area contributed by atoms with Crippen LogP contribution in [0.2, 0.25) is 0 Å². The van der Waals surface area contributed by atoms with E-state index in [0.717, 1.165) is 10.7 Å². The minimum absolute atomic E-state index is 0.689. The van der Waals surface area contributed by atoms with E-state index in [1.54, 1.807) is 30.5 Å². The van der Waals surface area contributed by atoms with E-state index in [9.17, 15) is 0 Å². The maximum Gasteiger partial charge on any atom is 0.157 e. The summed E-state index contributed by atoms with van der Waals surface area (Å²) in [6.07, 6.45) is 12.2. The van der Waals surface area contributed by atoms with Gasteiger partial charge in [-0.2, -0.15) is 0 Å². The van der Waals surface area contributed by atoms with Gasteiger partial charge in [-0.3, -0.25) is 4.99 Å². The van der Waals surface area contributed by atoms with Gasteiger partial charge >= 0.3 is 0 Å². The number of aromatic nitrogens is 2. The second-order valence-corrected chi connectivity index (χ2v) is 3.38. The first-order chi connectivity index (χ1) is 8.76. The molecule has 0 radical (unpaired) electrons. The molecule has 1 rings (SSSR count). The van der Waals surface area contributed by atoms with Crippen LogP contribution in [0.5, 0.6) is 0 Å². The molecule has 0 aliphatic rings. The van der Waals surface area contributed by atoms with E-state index in [4.69, 9.17) is 0 Å². The number of H-pyrrole nitrogens is 1. The van der Waals surface area contributed by atoms with Crippen LogP contribution >= 0.6 is 0 Å². The van der Waals surface area contributed by atoms with Gasteiger partial charge in [0, 0.05) is 6.21 Å². The molecule has 1 aromatic rings. The van der Waals surface area contributed by atoms with Crippen LogP contribution in [0.3, 0.4) is 0 Å². The molecule has 18 heavy (non-hydrogen) atoms. The molecule has 0 saturated heterocycles. The van der Waals surface area contributed by atoms with Gasteiger partial charge in [0.2, 0.25) is 0 Å². The monoisotopic (exact) mass is 239 g/mol. The molecule has 1 N–H and O–H groups in total. The molecule has 0 spiro atoms. The molecule has 1 heterocycles. The van der Waals surface area contributed by atoms with E-state index in [2.05, 4.69) is 34.7 Å². The summed E-state index contributed by atoms with van der Waals surface area (Å²) in [4.78, 5) is 11.9. The standard InChI is InChI=1S/C15H17N3/c1-5-9-13-12(8-4)17-15(18-13)14(10-6-2)16-11-7-3/h5-11H,1-3H2,4H3,(H,17,18)/b12-8+,13-9+,14-10-,16-11?. The molecule has 0 saturated carbocycles. The van der Waals surface area contributed by atoms with Crippen LogP contribution in [0.15, 0.2) is 49.0 Å². The maximum absolute atomic E-state index is 4.46. The molecule has 0 atom stereocenters. The third-order valence-corrected chi connectivity index (χ3v) is 2.16. The van der Waals surface area contributed by atoms with E-state index in [1.807, 2.05) is 19.1 Å². The van der Waals surface area contributed by atoms with Gasteiger partial charge in [0.1, 0.15) is 5.70 Å². The largest absolute Gasteiger partial charge is 0.337 e. The summed E-state index contributed by atoms with van der Waals surface area (Å²) in [7, 11) is 0. The van der Waals surface area contributed by atoms with Crippen molar-refractivity contribution in [2.24, 2.45) is 4.99 Å². The van der Waals surface area contributed by atoms with Crippen LogP contribution in [-0.4, -0.2) is 16.2 Å². The first kappa shape index (κ1) is 13.6. The number of nitrogens with zero attached hydrogens (tertiary/aromatic N) is 2. The summed E-state index contributed by atoms with van der Waals surface area (Å²) in [6, 6.07) is 0. The minimum atomic E-state index is 0.689. The van der Waals surface area contributed by atoms with Gasteiger partial charge in [0.15, 0.2) is 5.82 Å². The second-order valence-electron chi connectivity index (χ2n) is 3.38. The molecule has 1 aromatic heterocycles. The lowest BCUT2D eigenvalue weighted by Crippen LogP contribution is -2.23. The third-order valence-electron chi connectivity index (χ3n) is 2.16. The third kappa shape index (κ3) is 3.28. The van der Waals surface area contributed by atoms with Crippen molar-refractivity contribution in [2.75, 3.05) is 0 Å². The fourth-order valence-corrected chi connectivity index (χ4v) is 1.41. The summed E-state index contributed by atoms with van der Waals surface area (Å²) in [5, 5.41) is 1.78. The van der Waals surface area contributed by atoms with Gasteiger partial charge in [0.05, 0.1) is 10.7 Å². The highest BCUT2D eigenvalue weighted by molar-refractivity contribution is 5.78. The Labute approximate surface area is 107 Å². The molecular formula is C15H17N3. The van der Waals surface area contributed by atoms with Gasteiger partial charge in [-0.1, -0.05) is 44.0 Å². The zero-order valence-electron chi connectivity index (χ0n) is 10.6. The Bertz CT molecular complexity index is 613. The molecule has 0 bridgehead atoms. The first-order valence-electron chi connectivity index (χ1n) is 5.60. The number of aliphatic imine (C=N–C) groups is 1. The quantitative estimate of drug-likeness (QED) is 0.619. The van der Waals surface area contributed by atoms with Crippen molar-refractivity contribution in [3.63, 3.8) is 0 Å². The smallest absolute Gasteiger partial charge is 0.157 e. The topological polar surface area (TPSA) is 41.0 Å². The molecular weight excluding hydrogens is 222 g/mol. The summed E-state index contributed by atoms with van der Waals surface area (Å²) < 4.78 is 0. The molecule has 0 fully saturated rings. The van der Waals surface area contributed by atoms with Crippen LogP contribution in [0.4, 0.5) is 0 Å². The lowest BCUT2D eigenvalue weighted by molar-refractivity contribution is 1.20. The predicted octanol–water partition coefficient (Wildman–Crippen LogP) is 1.96. The highest BCUT2D eigenvalue weighted by Crippen LogP contribution is 2.07. The van der Waals surface area contributed by atoms with Gasteiger partial charge in [-0.25, -0.2) is 4.98 Å². The number of hydrogen-bond donors (Lipinski definition) is 1. The number of nitrogens with one attached hydrogen (secondary N) is 1. The second kappa shape index (κ2) is 7.01. The van der Waals surface area contributed by atoms with Crippen molar-refractivity contribution in [2.45, 2.75) is 6.92 Å². The number of allylic oxidation sites excluding steroid dienone is 4. The zero-order valence-corrected chi connectivity index (χ0v) is 10.6. The summed E-state index contributed by atoms with van der Waals surface area (Å²) in [6.45, 7) is 12.9. The number of rotatable bonds is 5. The molecule has 0 aromatic carbocycles. The van der Waals surface area contributed by atoms with E-state index in [0.29, 0.717) is 11.5 Å². The van der Waals surface area contributed by atoms with Crippen LogP contribution < -0.4 is 10.7 Å². The van der Waals surface area contributed by atoms with Gasteiger partial charge in [0.25, 0.3) is 0 Å². The maximum atomic E-state index is 4.46. The van der Waals surface area contributed by atoms with Crippen LogP contribution in [0, 0.1) is 0 Å². The van der Waals surface area contributed by atoms with Gasteiger partial charge in [-0.15, -0.1) is 0 Å². The van der Waals surface area contributed by atoms with E-state index in [-0.39, 0.29) is 0 Å². The van der Waals surface area contributed by atoms with Crippen molar-refractivity contribution < 1.29 is 0 Å². The normalized spacial score (nSPS) is 14.2. The Hall–Kier alpha value is -2.42. The highest BCUT2D eigenvalue weighted by atomic mass is 15.0. The van der Waals surface area contributed by atoms with Crippen LogP contribution in [0.25, 0.3) is 17.8 Å². The molecule has 3 heteroatoms. The molecule has 0 unspecified atom stereocenters. The minimum Gasteiger partial charge on any atom is -0.337 e. The van der Waals surface area contributed by atoms with Gasteiger partial charge < -0.3 is 4.98 Å². The average molecular weight is 239 g/mol. The summed E-state index contributed by atoms with van der Waals surface area (Å²) in [5.41, 5.74) is 0.705. The zero-order chi connectivity index (χ0) is 13.4. The van der Waals surface area contributed by atoms with Crippen LogP contribution in [-0.2, 0) is 0 Å². The summed E-state index contributed by atoms with van der Waals surface area (Å²) >= 11 is 0. The molecule has 0 amide bonds. The Balaban J connectivity index is 3.40. The van der Waals surface area contributed by atoms with E-state index >= 15 is 0 Å². The Morgan fingerprint density at radius 2 is 2.00 bits per heavy atom. The Morgan fingerprint density at radius 3 is 2.56 bits per heavy atom. The number of aromatic amines is 1. The first-order valence-corrected chi connectivity index (χ1v) is 5.60. The SMILES string of the molecule is C=CC=N/C(=C\C=C)c1nc(=C/C)/c(=C\C=C)[nH]1. The van der Waals surface area contributed by atoms with E-state index in [1.165, 1.54) is 0 Å². The number of hydrogen-bond acceptors (Lipinski definition) is 2. The Morgan fingerprint density at radius 1 is 1.22 bits per heavy atom. The van der Waals surface area contributed by atoms with Crippen molar-refractivity contribution in [1.82, 2.24) is 9.97 Å². The van der Waals surface area contributed by atoms with Crippen molar-refractivity contribution in [3.05, 3.63) is 60.6 Å². The lowest BCUT2D eigenvalue weighted by atomic mass is 10.4. The molecule has 0 aliphatic heterocycles. The molecule has 3 nitrogen and oxygen atoms in total. The van der Waals surface area contributed by atoms with Gasteiger partial charge in [-0.05, 0) is 19.1 Å². The van der Waals surface area contributed by atoms with Crippen LogP contribution in [0.1, 0.15) is 12.7 Å². The summed E-state index contributed by atoms with van der Waals surface area (Å²) in [5.74, 6) is 0.689. The van der Waals surface area contributed by atoms with E-state index < -0.39 is 0 Å². The number of imidazole rings is 1. The Kier molecular flexibility index (Phi) is 5.32. The van der Waals surface area contributed by atoms with Crippen molar-refractivity contribution in [3.8, 4) is 0 Å². The predicted molar refractivity (Wildman–Crippen MR) is 79.5 cm³/mol. The van der Waals surface area contributed by atoms with Crippen molar-refractivity contribution >= 4 is 24.1 Å². The fourth-order valence-electron chi connectivity index (χ4n) is 1.41.